The van der Waals surface area contributed by atoms with Crippen molar-refractivity contribution >= 4 is 46.9 Å². The summed E-state index contributed by atoms with van der Waals surface area (Å²) in [6.07, 6.45) is 10.2. The first-order valence-corrected chi connectivity index (χ1v) is 13.9. The van der Waals surface area contributed by atoms with Crippen molar-refractivity contribution in [2.45, 2.75) is 49.1 Å². The van der Waals surface area contributed by atoms with Crippen LogP contribution in [0.1, 0.15) is 38.4 Å². The number of para-hydroxylation sites is 1. The van der Waals surface area contributed by atoms with Crippen LogP contribution in [0.2, 0.25) is 0 Å². The molecule has 0 unspecified atom stereocenters. The van der Waals surface area contributed by atoms with E-state index in [-0.39, 0.29) is 0 Å². The molecule has 8 nitrogen and oxygen atoms in total. The Morgan fingerprint density at radius 2 is 1.95 bits per heavy atom. The van der Waals surface area contributed by atoms with E-state index >= 15 is 0 Å². The van der Waals surface area contributed by atoms with Crippen molar-refractivity contribution in [1.82, 2.24) is 15.0 Å². The summed E-state index contributed by atoms with van der Waals surface area (Å²) >= 11 is 2.74. The minimum atomic E-state index is -0.930. The number of aromatic nitrogens is 3. The Morgan fingerprint density at radius 3 is 2.59 bits per heavy atom. The summed E-state index contributed by atoms with van der Waals surface area (Å²) < 4.78 is -0.180. The first-order chi connectivity index (χ1) is 17.8. The number of benzene rings is 1. The van der Waals surface area contributed by atoms with E-state index < -0.39 is 10.7 Å². The van der Waals surface area contributed by atoms with Gasteiger partial charge >= 0.3 is 5.97 Å². The summed E-state index contributed by atoms with van der Waals surface area (Å²) in [5.41, 5.74) is 4.00. The average Bonchev–Trinajstić information content (AvgIpc) is 3.32. The number of nitrogens with zero attached hydrogens (tertiary/aromatic N) is 5. The quantitative estimate of drug-likeness (QED) is 0.202. The Labute approximate surface area is 227 Å². The molecule has 10 heteroatoms. The van der Waals surface area contributed by atoms with E-state index in [1.807, 2.05) is 60.5 Å². The van der Waals surface area contributed by atoms with Crippen molar-refractivity contribution in [1.29, 1.82) is 0 Å². The molecule has 3 rings (SSSR count). The molecule has 2 heterocycles. The zero-order valence-electron chi connectivity index (χ0n) is 21.7. The highest BCUT2D eigenvalue weighted by molar-refractivity contribution is 8.03. The molecule has 196 valence electrons. The number of rotatable bonds is 14. The normalized spacial score (nSPS) is 12.2. The van der Waals surface area contributed by atoms with Crippen LogP contribution in [-0.2, 0) is 17.6 Å². The Morgan fingerprint density at radius 1 is 1.22 bits per heavy atom. The van der Waals surface area contributed by atoms with Crippen LogP contribution in [0.3, 0.4) is 0 Å². The Kier molecular flexibility index (Phi) is 10.6. The zero-order valence-corrected chi connectivity index (χ0v) is 23.4. The molecule has 0 saturated heterocycles. The predicted molar refractivity (Wildman–Crippen MR) is 154 cm³/mol. The Balaban J connectivity index is 1.77. The Hall–Kier alpha value is -3.24. The van der Waals surface area contributed by atoms with Crippen molar-refractivity contribution in [3.8, 4) is 0 Å². The van der Waals surface area contributed by atoms with E-state index in [9.17, 15) is 9.90 Å². The molecule has 3 aromatic rings. The number of aryl methyl sites for hydroxylation is 1. The SMILES string of the molecule is CCCc1cnc(N(CCc2csc(SC(C)(C)C(=O)O)n2)CC(/C=N\C)=C/Nc2ccccc2)nc1. The highest BCUT2D eigenvalue weighted by Gasteiger charge is 2.29. The van der Waals surface area contributed by atoms with Crippen molar-refractivity contribution in [3.05, 3.63) is 71.1 Å². The molecule has 0 spiro atoms. The summed E-state index contributed by atoms with van der Waals surface area (Å²) in [6.45, 7) is 6.72. The number of carbonyl (C=O) groups is 1. The number of thioether (sulfide) groups is 1. The monoisotopic (exact) mass is 538 g/mol. The van der Waals surface area contributed by atoms with Crippen LogP contribution in [0.4, 0.5) is 11.6 Å². The lowest BCUT2D eigenvalue weighted by atomic mass is 10.2. The fourth-order valence-electron chi connectivity index (χ4n) is 3.36. The maximum atomic E-state index is 11.5. The van der Waals surface area contributed by atoms with Crippen LogP contribution in [0, 0.1) is 0 Å². The summed E-state index contributed by atoms with van der Waals surface area (Å²) in [5, 5.41) is 14.8. The van der Waals surface area contributed by atoms with Crippen LogP contribution in [0.25, 0.3) is 0 Å². The van der Waals surface area contributed by atoms with Gasteiger partial charge in [-0.25, -0.2) is 15.0 Å². The first-order valence-electron chi connectivity index (χ1n) is 12.2. The van der Waals surface area contributed by atoms with Gasteiger partial charge in [0.05, 0.1) is 5.69 Å². The largest absolute Gasteiger partial charge is 0.480 e. The van der Waals surface area contributed by atoms with Gasteiger partial charge in [-0.15, -0.1) is 11.3 Å². The number of nitrogens with one attached hydrogen (secondary N) is 1. The summed E-state index contributed by atoms with van der Waals surface area (Å²) in [6, 6.07) is 9.97. The van der Waals surface area contributed by atoms with Crippen LogP contribution in [0.15, 0.2) is 69.2 Å². The smallest absolute Gasteiger partial charge is 0.319 e. The van der Waals surface area contributed by atoms with Gasteiger partial charge < -0.3 is 15.3 Å². The summed E-state index contributed by atoms with van der Waals surface area (Å²) in [7, 11) is 1.75. The second-order valence-corrected chi connectivity index (χ2v) is 11.7. The molecule has 2 aromatic heterocycles. The Bertz CT molecular complexity index is 1190. The average molecular weight is 539 g/mol. The molecule has 0 amide bonds. The fourth-order valence-corrected chi connectivity index (χ4v) is 5.59. The van der Waals surface area contributed by atoms with Crippen molar-refractivity contribution in [2.75, 3.05) is 30.4 Å². The maximum absolute atomic E-state index is 11.5. The highest BCUT2D eigenvalue weighted by atomic mass is 32.2. The number of carboxylic acid groups (broad SMARTS) is 1. The minimum Gasteiger partial charge on any atom is -0.480 e. The minimum absolute atomic E-state index is 0.558. The molecule has 0 atom stereocenters. The lowest BCUT2D eigenvalue weighted by Gasteiger charge is -2.23. The number of aliphatic carboxylic acids is 1. The van der Waals surface area contributed by atoms with Crippen LogP contribution in [0.5, 0.6) is 0 Å². The van der Waals surface area contributed by atoms with Crippen LogP contribution >= 0.6 is 23.1 Å². The van der Waals surface area contributed by atoms with E-state index in [0.717, 1.165) is 39.7 Å². The molecular weight excluding hydrogens is 504 g/mol. The molecule has 2 N–H and O–H groups in total. The molecule has 37 heavy (non-hydrogen) atoms. The molecule has 0 radical (unpaired) electrons. The zero-order chi connectivity index (χ0) is 26.7. The van der Waals surface area contributed by atoms with E-state index in [2.05, 4.69) is 37.1 Å². The first kappa shape index (κ1) is 28.3. The van der Waals surface area contributed by atoms with E-state index in [1.165, 1.54) is 23.1 Å². The third-order valence-corrected chi connectivity index (χ3v) is 7.58. The van der Waals surface area contributed by atoms with E-state index in [4.69, 9.17) is 0 Å². The molecule has 0 aliphatic carbocycles. The van der Waals surface area contributed by atoms with Gasteiger partial charge in [0, 0.05) is 68.0 Å². The number of anilines is 2. The molecule has 0 fully saturated rings. The van der Waals surface area contributed by atoms with Gasteiger partial charge in [-0.1, -0.05) is 43.3 Å². The molecular formula is C27H34N6O2S2. The number of aliphatic imine (C=N–C) groups is 1. The van der Waals surface area contributed by atoms with Crippen molar-refractivity contribution < 1.29 is 9.90 Å². The van der Waals surface area contributed by atoms with E-state index in [0.29, 0.717) is 25.5 Å². The number of carboxylic acids is 1. The molecule has 0 aliphatic rings. The second kappa shape index (κ2) is 13.9. The van der Waals surface area contributed by atoms with Gasteiger partial charge in [0.1, 0.15) is 4.75 Å². The maximum Gasteiger partial charge on any atom is 0.319 e. The fraction of sp³-hybridized carbons (Fsp3) is 0.370. The van der Waals surface area contributed by atoms with Crippen LogP contribution in [-0.4, -0.2) is 57.1 Å². The van der Waals surface area contributed by atoms with Gasteiger partial charge in [-0.05, 0) is 38.0 Å². The molecule has 1 aromatic carbocycles. The topological polar surface area (TPSA) is 104 Å². The van der Waals surface area contributed by atoms with Gasteiger partial charge in [0.2, 0.25) is 5.95 Å². The van der Waals surface area contributed by atoms with Gasteiger partial charge in [0.25, 0.3) is 0 Å². The number of hydrogen-bond donors (Lipinski definition) is 2. The predicted octanol–water partition coefficient (Wildman–Crippen LogP) is 5.59. The molecule has 0 saturated carbocycles. The van der Waals surface area contributed by atoms with E-state index in [1.54, 1.807) is 20.9 Å². The number of hydrogen-bond acceptors (Lipinski definition) is 9. The standard InChI is InChI=1S/C27H34N6O2S2/c1-5-9-20-15-30-25(31-16-20)33(18-21(14-28-4)17-29-22-10-7-6-8-11-22)13-12-23-19-36-26(32-23)37-27(2,3)24(34)35/h6-8,10-11,14-17,19,29H,5,9,12-13,18H2,1-4H3,(H,34,35)/b21-17+,28-14-. The lowest BCUT2D eigenvalue weighted by Crippen LogP contribution is -2.30. The lowest BCUT2D eigenvalue weighted by molar-refractivity contribution is -0.138. The van der Waals surface area contributed by atoms with Gasteiger partial charge in [-0.3, -0.25) is 9.79 Å². The summed E-state index contributed by atoms with van der Waals surface area (Å²) in [5.74, 6) is -0.211. The molecule has 0 aliphatic heterocycles. The highest BCUT2D eigenvalue weighted by Crippen LogP contribution is 2.34. The third kappa shape index (κ3) is 8.98. The summed E-state index contributed by atoms with van der Waals surface area (Å²) in [4.78, 5) is 31.8. The van der Waals surface area contributed by atoms with Crippen molar-refractivity contribution in [2.24, 2.45) is 4.99 Å². The van der Waals surface area contributed by atoms with Crippen LogP contribution < -0.4 is 10.2 Å². The van der Waals surface area contributed by atoms with Crippen molar-refractivity contribution in [3.63, 3.8) is 0 Å². The number of thiazole rings is 1. The second-order valence-electron chi connectivity index (χ2n) is 8.95. The third-order valence-electron chi connectivity index (χ3n) is 5.41. The molecule has 0 bridgehead atoms. The van der Waals surface area contributed by atoms with Gasteiger partial charge in [-0.2, -0.15) is 0 Å². The van der Waals surface area contributed by atoms with Gasteiger partial charge in [0.15, 0.2) is 4.34 Å².